The molecule has 0 aliphatic carbocycles. The number of anilines is 1. The zero-order chi connectivity index (χ0) is 17.8. The molecule has 0 amide bonds. The average Bonchev–Trinajstić information content (AvgIpc) is 2.62. The molecule has 0 bridgehead atoms. The van der Waals surface area contributed by atoms with E-state index in [1.165, 1.54) is 0 Å². The van der Waals surface area contributed by atoms with Gasteiger partial charge in [0.1, 0.15) is 0 Å². The number of hydrogen-bond acceptors (Lipinski definition) is 5. The van der Waals surface area contributed by atoms with E-state index in [1.54, 1.807) is 0 Å². The Labute approximate surface area is 149 Å². The van der Waals surface area contributed by atoms with Crippen LogP contribution in [0.3, 0.4) is 0 Å². The molecule has 1 aliphatic heterocycles. The van der Waals surface area contributed by atoms with E-state index in [2.05, 4.69) is 16.0 Å². The summed E-state index contributed by atoms with van der Waals surface area (Å²) in [5.74, 6) is 1.81. The van der Waals surface area contributed by atoms with Crippen molar-refractivity contribution in [2.24, 2.45) is 5.92 Å². The van der Waals surface area contributed by atoms with Crippen molar-refractivity contribution in [3.05, 3.63) is 24.4 Å². The van der Waals surface area contributed by atoms with Crippen molar-refractivity contribution in [1.29, 1.82) is 0 Å². The van der Waals surface area contributed by atoms with Gasteiger partial charge in [0, 0.05) is 42.3 Å². The van der Waals surface area contributed by atoms with Crippen molar-refractivity contribution in [1.82, 2.24) is 4.98 Å². The number of fused-ring (bicyclic) bond motifs is 1. The van der Waals surface area contributed by atoms with Crippen LogP contribution in [0.2, 0.25) is 0 Å². The zero-order valence-electron chi connectivity index (χ0n) is 15.4. The molecular formula is C20H28N2O3. The molecule has 0 spiro atoms. The fourth-order valence-corrected chi connectivity index (χ4v) is 3.57. The maximum atomic E-state index is 9.99. The molecule has 2 atom stereocenters. The van der Waals surface area contributed by atoms with E-state index in [4.69, 9.17) is 9.47 Å². The first-order valence-corrected chi connectivity index (χ1v) is 9.25. The second kappa shape index (κ2) is 7.91. The highest BCUT2D eigenvalue weighted by molar-refractivity contribution is 5.94. The fourth-order valence-electron chi connectivity index (χ4n) is 3.57. The minimum Gasteiger partial charge on any atom is -0.490 e. The lowest BCUT2D eigenvalue weighted by Crippen LogP contribution is -2.39. The Kier molecular flexibility index (Phi) is 5.63. The minimum atomic E-state index is -0.278. The van der Waals surface area contributed by atoms with Crippen LogP contribution >= 0.6 is 0 Å². The summed E-state index contributed by atoms with van der Waals surface area (Å²) in [5.41, 5.74) is 2.06. The Morgan fingerprint density at radius 1 is 1.24 bits per heavy atom. The molecular weight excluding hydrogens is 316 g/mol. The smallest absolute Gasteiger partial charge is 0.163 e. The van der Waals surface area contributed by atoms with Crippen LogP contribution in [0.4, 0.5) is 5.69 Å². The number of rotatable bonds is 6. The topological polar surface area (TPSA) is 54.8 Å². The maximum absolute atomic E-state index is 9.99. The van der Waals surface area contributed by atoms with Crippen LogP contribution in [0.5, 0.6) is 11.5 Å². The Bertz CT molecular complexity index is 717. The molecule has 2 aromatic rings. The number of aliphatic hydroxyl groups is 1. The molecule has 5 heteroatoms. The van der Waals surface area contributed by atoms with Gasteiger partial charge in [0.15, 0.2) is 11.5 Å². The third-order valence-corrected chi connectivity index (χ3v) is 4.86. The first-order chi connectivity index (χ1) is 12.1. The van der Waals surface area contributed by atoms with Gasteiger partial charge in [-0.3, -0.25) is 4.98 Å². The van der Waals surface area contributed by atoms with Gasteiger partial charge in [0.2, 0.25) is 0 Å². The first-order valence-electron chi connectivity index (χ1n) is 9.25. The lowest BCUT2D eigenvalue weighted by molar-refractivity contribution is 0.115. The number of pyridine rings is 1. The summed E-state index contributed by atoms with van der Waals surface area (Å²) >= 11 is 0. The highest BCUT2D eigenvalue weighted by Crippen LogP contribution is 2.37. The molecule has 1 aromatic carbocycles. The van der Waals surface area contributed by atoms with E-state index in [0.29, 0.717) is 19.1 Å². The largest absolute Gasteiger partial charge is 0.490 e. The molecule has 25 heavy (non-hydrogen) atoms. The molecule has 0 radical (unpaired) electrons. The van der Waals surface area contributed by atoms with Gasteiger partial charge in [-0.25, -0.2) is 0 Å². The number of benzene rings is 1. The SMILES string of the molecule is CCOc1cc2nccc(N3CCCC(C(C)O)C3)c2cc1OCC. The van der Waals surface area contributed by atoms with E-state index >= 15 is 0 Å². The third-order valence-electron chi connectivity index (χ3n) is 4.86. The summed E-state index contributed by atoms with van der Waals surface area (Å²) in [7, 11) is 0. The van der Waals surface area contributed by atoms with E-state index in [-0.39, 0.29) is 6.10 Å². The van der Waals surface area contributed by atoms with Gasteiger partial charge in [0.05, 0.1) is 24.8 Å². The van der Waals surface area contributed by atoms with Crippen LogP contribution in [0.15, 0.2) is 24.4 Å². The summed E-state index contributed by atoms with van der Waals surface area (Å²) < 4.78 is 11.5. The van der Waals surface area contributed by atoms with Crippen LogP contribution < -0.4 is 14.4 Å². The Balaban J connectivity index is 2.02. The number of nitrogens with zero attached hydrogens (tertiary/aromatic N) is 2. The van der Waals surface area contributed by atoms with Gasteiger partial charge in [-0.2, -0.15) is 0 Å². The number of piperidine rings is 1. The standard InChI is InChI=1S/C20H28N2O3/c1-4-24-19-11-16-17(12-20(19)25-5-2)21-9-8-18(16)22-10-6-7-15(13-22)14(3)23/h8-9,11-12,14-15,23H,4-7,10,13H2,1-3H3. The van der Waals surface area contributed by atoms with Crippen molar-refractivity contribution >= 4 is 16.6 Å². The Morgan fingerprint density at radius 3 is 2.64 bits per heavy atom. The van der Waals surface area contributed by atoms with Crippen LogP contribution in [0.25, 0.3) is 10.9 Å². The van der Waals surface area contributed by atoms with Crippen LogP contribution in [0, 0.1) is 5.92 Å². The van der Waals surface area contributed by atoms with Gasteiger partial charge in [-0.15, -0.1) is 0 Å². The highest BCUT2D eigenvalue weighted by Gasteiger charge is 2.25. The fraction of sp³-hybridized carbons (Fsp3) is 0.550. The zero-order valence-corrected chi connectivity index (χ0v) is 15.4. The van der Waals surface area contributed by atoms with Gasteiger partial charge < -0.3 is 19.5 Å². The molecule has 5 nitrogen and oxygen atoms in total. The monoisotopic (exact) mass is 344 g/mol. The molecule has 0 saturated carbocycles. The Morgan fingerprint density at radius 2 is 1.96 bits per heavy atom. The van der Waals surface area contributed by atoms with E-state index < -0.39 is 0 Å². The van der Waals surface area contributed by atoms with Crippen LogP contribution in [-0.2, 0) is 0 Å². The molecule has 1 aromatic heterocycles. The van der Waals surface area contributed by atoms with Crippen molar-refractivity contribution in [2.75, 3.05) is 31.2 Å². The van der Waals surface area contributed by atoms with Crippen molar-refractivity contribution in [3.63, 3.8) is 0 Å². The molecule has 3 rings (SSSR count). The second-order valence-electron chi connectivity index (χ2n) is 6.60. The molecule has 1 fully saturated rings. The third kappa shape index (κ3) is 3.82. The van der Waals surface area contributed by atoms with Crippen molar-refractivity contribution in [2.45, 2.75) is 39.7 Å². The predicted octanol–water partition coefficient (Wildman–Crippen LogP) is 3.63. The van der Waals surface area contributed by atoms with Crippen molar-refractivity contribution in [3.8, 4) is 11.5 Å². The van der Waals surface area contributed by atoms with E-state index in [1.807, 2.05) is 39.1 Å². The normalized spacial score (nSPS) is 19.0. The Hall–Kier alpha value is -2.01. The van der Waals surface area contributed by atoms with Crippen molar-refractivity contribution < 1.29 is 14.6 Å². The van der Waals surface area contributed by atoms with Gasteiger partial charge in [-0.1, -0.05) is 0 Å². The summed E-state index contributed by atoms with van der Waals surface area (Å²) in [4.78, 5) is 6.89. The van der Waals surface area contributed by atoms with E-state index in [0.717, 1.165) is 54.0 Å². The maximum Gasteiger partial charge on any atom is 0.163 e. The summed E-state index contributed by atoms with van der Waals surface area (Å²) in [6.45, 7) is 8.88. The van der Waals surface area contributed by atoms with Gasteiger partial charge in [0.25, 0.3) is 0 Å². The molecule has 1 aliphatic rings. The van der Waals surface area contributed by atoms with Crippen LogP contribution in [-0.4, -0.2) is 42.5 Å². The number of aromatic nitrogens is 1. The summed E-state index contributed by atoms with van der Waals surface area (Å²) in [5, 5.41) is 11.1. The second-order valence-corrected chi connectivity index (χ2v) is 6.60. The van der Waals surface area contributed by atoms with E-state index in [9.17, 15) is 5.11 Å². The van der Waals surface area contributed by atoms with Gasteiger partial charge in [-0.05, 0) is 45.7 Å². The molecule has 1 N–H and O–H groups in total. The molecule has 2 unspecified atom stereocenters. The average molecular weight is 344 g/mol. The molecule has 136 valence electrons. The number of hydrogen-bond donors (Lipinski definition) is 1. The highest BCUT2D eigenvalue weighted by atomic mass is 16.5. The van der Waals surface area contributed by atoms with Crippen LogP contribution in [0.1, 0.15) is 33.6 Å². The number of aliphatic hydroxyl groups excluding tert-OH is 1. The number of ether oxygens (including phenoxy) is 2. The lowest BCUT2D eigenvalue weighted by Gasteiger charge is -2.36. The van der Waals surface area contributed by atoms with Gasteiger partial charge >= 0.3 is 0 Å². The molecule has 2 heterocycles. The molecule has 1 saturated heterocycles. The first kappa shape index (κ1) is 17.8. The predicted molar refractivity (Wildman–Crippen MR) is 101 cm³/mol. The summed E-state index contributed by atoms with van der Waals surface area (Å²) in [6.07, 6.45) is 3.74. The summed E-state index contributed by atoms with van der Waals surface area (Å²) in [6, 6.07) is 6.06. The quantitative estimate of drug-likeness (QED) is 0.867. The minimum absolute atomic E-state index is 0.278. The lowest BCUT2D eigenvalue weighted by atomic mass is 9.93.